The van der Waals surface area contributed by atoms with Crippen molar-refractivity contribution in [1.29, 1.82) is 0 Å². The van der Waals surface area contributed by atoms with Gasteiger partial charge in [-0.3, -0.25) is 28.3 Å². The predicted octanol–water partition coefficient (Wildman–Crippen LogP) is 19.3. The third kappa shape index (κ3) is 17.2. The number of carbonyl (C=O) groups is 2. The van der Waals surface area contributed by atoms with E-state index in [9.17, 15) is 23.6 Å². The third-order valence-electron chi connectivity index (χ3n) is 19.3. The molecule has 0 atom stereocenters. The van der Waals surface area contributed by atoms with Crippen molar-refractivity contribution >= 4 is 51.8 Å². The summed E-state index contributed by atoms with van der Waals surface area (Å²) in [5.41, 5.74) is 16.8. The van der Waals surface area contributed by atoms with Crippen LogP contribution in [-0.2, 0) is 19.4 Å². The van der Waals surface area contributed by atoms with Crippen molar-refractivity contribution in [3.63, 3.8) is 0 Å². The van der Waals surface area contributed by atoms with Gasteiger partial charge in [0.25, 0.3) is 22.9 Å². The molecule has 117 heavy (non-hydrogen) atoms. The number of aromatic amines is 1. The second-order valence-electron chi connectivity index (χ2n) is 26.2. The fourth-order valence-corrected chi connectivity index (χ4v) is 14.5. The Labute approximate surface area is 683 Å². The zero-order chi connectivity index (χ0) is 82.0. The van der Waals surface area contributed by atoms with Crippen LogP contribution in [0.4, 0.5) is 4.39 Å². The predicted molar refractivity (Wildman–Crippen MR) is 455 cm³/mol. The summed E-state index contributed by atoms with van der Waals surface area (Å²) >= 11 is 13.5. The summed E-state index contributed by atoms with van der Waals surface area (Å²) in [6.45, 7) is 0.419. The molecule has 0 unspecified atom stereocenters. The normalized spacial score (nSPS) is 12.0. The number of nitrogens with one attached hydrogen (secondary N) is 1. The highest BCUT2D eigenvalue weighted by Gasteiger charge is 2.36. The first-order chi connectivity index (χ1) is 57.8. The number of methoxy groups -OCH3 is 4. The molecule has 0 aliphatic carbocycles. The number of aromatic nitrogens is 11. The molecule has 23 heteroatoms. The number of hydrogen-bond acceptors (Lipinski definition) is 15. The van der Waals surface area contributed by atoms with Gasteiger partial charge >= 0.3 is 0 Å². The number of hydrogen-bond donors (Lipinski definition) is 1. The van der Waals surface area contributed by atoms with Gasteiger partial charge in [0.05, 0.1) is 89.3 Å². The van der Waals surface area contributed by atoms with Crippen LogP contribution in [0.25, 0.3) is 95.1 Å². The molecule has 6 aromatic heterocycles. The largest absolute Gasteiger partial charge is 0.497 e. The van der Waals surface area contributed by atoms with Crippen molar-refractivity contribution in [3.05, 3.63) is 380 Å². The molecule has 0 fully saturated rings. The SMILES string of the molecule is COc1ccc(C2=C(Cl)Cc3c(-c4ccccc4)c(-c4ccccc4)nn3C2=O)cc1.COc1ccc(C2=C(Oc3cccnn3)Cc3c(-c4ccccc4)c(-c4ccccc4)nn3C2=O)cc1.COc1ccc(Cn2c(-c3ccccc3)c(-c3ccccc3)c3nc(Cl)c(-c4ccc(OC)cc4)c(=O)n32)cc1.O=c1cccn[nH]1.[2H]CF. The van der Waals surface area contributed by atoms with Crippen molar-refractivity contribution in [2.45, 2.75) is 19.4 Å². The summed E-state index contributed by atoms with van der Waals surface area (Å²) in [5.74, 6) is 3.17. The molecule has 0 spiro atoms. The zero-order valence-electron chi connectivity index (χ0n) is 64.6. The number of ether oxygens (including phenoxy) is 5. The fraction of sp³-hybridized carbons (Fsp3) is 0.0851. The number of carbonyl (C=O) groups excluding carboxylic acids is 2. The molecule has 18 rings (SSSR count). The van der Waals surface area contributed by atoms with Crippen LogP contribution in [0, 0.1) is 0 Å². The van der Waals surface area contributed by atoms with Crippen LogP contribution in [-0.4, -0.2) is 102 Å². The molecule has 2 aliphatic heterocycles. The Kier molecular flexibility index (Phi) is 24.5. The lowest BCUT2D eigenvalue weighted by Crippen LogP contribution is -2.26. The van der Waals surface area contributed by atoms with Gasteiger partial charge in [-0.05, 0) is 99.6 Å². The van der Waals surface area contributed by atoms with E-state index in [4.69, 9.17) is 63.4 Å². The number of rotatable bonds is 17. The van der Waals surface area contributed by atoms with Crippen molar-refractivity contribution < 1.29 is 39.0 Å². The first kappa shape index (κ1) is 77.6. The van der Waals surface area contributed by atoms with Gasteiger partial charge in [-0.2, -0.15) is 34.3 Å². The molecule has 8 heterocycles. The van der Waals surface area contributed by atoms with E-state index >= 15 is 0 Å². The smallest absolute Gasteiger partial charge is 0.282 e. The van der Waals surface area contributed by atoms with Gasteiger partial charge in [-0.1, -0.05) is 254 Å². The molecule has 10 aromatic carbocycles. The van der Waals surface area contributed by atoms with Gasteiger partial charge in [0, 0.05) is 63.8 Å². The van der Waals surface area contributed by atoms with Gasteiger partial charge in [0.2, 0.25) is 5.88 Å². The summed E-state index contributed by atoms with van der Waals surface area (Å²) < 4.78 is 49.6. The average molecular weight is 1590 g/mol. The lowest BCUT2D eigenvalue weighted by molar-refractivity contribution is 0.0948. The summed E-state index contributed by atoms with van der Waals surface area (Å²) in [4.78, 5) is 57.1. The van der Waals surface area contributed by atoms with Crippen molar-refractivity contribution in [1.82, 2.24) is 54.1 Å². The number of fused-ring (bicyclic) bond motifs is 3. The number of H-pyrrole nitrogens is 1. The maximum atomic E-state index is 14.4. The van der Waals surface area contributed by atoms with E-state index in [0.717, 1.165) is 101 Å². The Bertz CT molecular complexity index is 6350. The standard InChI is InChI=1S/C33H26ClN3O3.C30H22N4O3.C26H19ClN2O2.C4H4N2O.CH3F/c1-39-26-17-13-22(14-18-26)21-36-30(25-11-7-4-8-12-25)28(23-9-5-3-6-10-23)32-35-31(34)29(33(38)37(32)36)24-15-19-27(40-2)20-16-24;1-36-23-16-14-21(15-17-23)28-25(37-26-13-8-18-31-32-26)19-24-27(20-9-4-2-5-10-20)29(33-34(24)30(28)35)22-11-6-3-7-12-22;1-31-20-14-12-18(13-15-20)23-21(27)16-22-24(17-8-4-2-5-9-17)25(28-29(22)26(23)30)19-10-6-3-7-11-19;7-4-2-1-3-5-6-4;1-2/h3-20H,21H2,1-2H3;2-18H,19H2,1H3;2-15H,16H2,1H3;1-3H,(H,6,7);1H3/i;;;;1D. The monoisotopic (exact) mass is 1590 g/mol. The van der Waals surface area contributed by atoms with E-state index in [1.807, 2.05) is 272 Å². The Morgan fingerprint density at radius 1 is 0.436 bits per heavy atom. The van der Waals surface area contributed by atoms with E-state index in [1.165, 1.54) is 21.6 Å². The lowest BCUT2D eigenvalue weighted by Gasteiger charge is -2.21. The summed E-state index contributed by atoms with van der Waals surface area (Å²) in [7, 11) is 5.46. The molecular formula is C94H74Cl2FN11O9. The Morgan fingerprint density at radius 2 is 0.838 bits per heavy atom. The molecule has 1 N–H and O–H groups in total. The van der Waals surface area contributed by atoms with Crippen molar-refractivity contribution in [2.24, 2.45) is 0 Å². The van der Waals surface area contributed by atoms with Gasteiger partial charge in [-0.25, -0.2) is 10.1 Å². The lowest BCUT2D eigenvalue weighted by atomic mass is 9.93. The molecule has 0 saturated heterocycles. The van der Waals surface area contributed by atoms with Crippen LogP contribution in [0.1, 0.15) is 39.0 Å². The third-order valence-corrected chi connectivity index (χ3v) is 19.9. The van der Waals surface area contributed by atoms with Crippen LogP contribution in [0.3, 0.4) is 0 Å². The van der Waals surface area contributed by atoms with Gasteiger partial charge in [-0.15, -0.1) is 5.10 Å². The van der Waals surface area contributed by atoms with Crippen molar-refractivity contribution in [2.75, 3.05) is 35.6 Å². The molecule has 0 saturated carbocycles. The van der Waals surface area contributed by atoms with Gasteiger partial charge < -0.3 is 23.7 Å². The number of nitrogens with zero attached hydrogens (tertiary/aromatic N) is 10. The molecule has 2 aliphatic rings. The van der Waals surface area contributed by atoms with Crippen LogP contribution >= 0.6 is 23.2 Å². The molecule has 20 nitrogen and oxygen atoms in total. The van der Waals surface area contributed by atoms with Gasteiger partial charge in [0.15, 0.2) is 5.65 Å². The van der Waals surface area contributed by atoms with E-state index in [2.05, 4.69) is 20.4 Å². The molecule has 16 aromatic rings. The Hall–Kier alpha value is -14.7. The zero-order valence-corrected chi connectivity index (χ0v) is 65.1. The quantitative estimate of drug-likeness (QED) is 0.0836. The van der Waals surface area contributed by atoms with Gasteiger partial charge in [0.1, 0.15) is 45.3 Å². The second-order valence-corrected chi connectivity index (χ2v) is 27.0. The summed E-state index contributed by atoms with van der Waals surface area (Å²) in [6, 6.07) is 96.0. The van der Waals surface area contributed by atoms with Crippen molar-refractivity contribution in [3.8, 4) is 107 Å². The first-order valence-corrected chi connectivity index (χ1v) is 37.5. The van der Waals surface area contributed by atoms with Crippen LogP contribution in [0.15, 0.2) is 336 Å². The number of alkyl halides is 1. The van der Waals surface area contributed by atoms with E-state index in [0.29, 0.717) is 81.0 Å². The second kappa shape index (κ2) is 36.9. The molecular weight excluding hydrogens is 1520 g/mol. The van der Waals surface area contributed by atoms with Crippen LogP contribution in [0.2, 0.25) is 5.15 Å². The highest BCUT2D eigenvalue weighted by Crippen LogP contribution is 2.44. The Balaban J connectivity index is 0.000000138. The topological polar surface area (TPSA) is 227 Å². The molecule has 0 bridgehead atoms. The molecule has 0 amide bonds. The highest BCUT2D eigenvalue weighted by molar-refractivity contribution is 6.40. The minimum absolute atomic E-state index is 0.147. The number of halogens is 3. The summed E-state index contributed by atoms with van der Waals surface area (Å²) in [5, 5.41) is 24.0. The maximum absolute atomic E-state index is 14.4. The summed E-state index contributed by atoms with van der Waals surface area (Å²) in [6.07, 6.45) is 3.86. The number of benzene rings is 10. The minimum Gasteiger partial charge on any atom is -0.497 e. The number of allylic oxidation sites excluding steroid dienone is 4. The van der Waals surface area contributed by atoms with Crippen LogP contribution in [0.5, 0.6) is 28.9 Å². The highest BCUT2D eigenvalue weighted by atomic mass is 35.5. The Morgan fingerprint density at radius 3 is 1.26 bits per heavy atom. The van der Waals surface area contributed by atoms with Crippen LogP contribution < -0.4 is 34.8 Å². The first-order valence-electron chi connectivity index (χ1n) is 37.5. The minimum atomic E-state index is -1.00. The fourth-order valence-electron chi connectivity index (χ4n) is 13.9. The molecule has 580 valence electrons. The van der Waals surface area contributed by atoms with E-state index in [-0.39, 0.29) is 28.1 Å². The maximum Gasteiger partial charge on any atom is 0.282 e. The molecule has 0 radical (unpaired) electrons. The van der Waals surface area contributed by atoms with E-state index in [1.54, 1.807) is 69.5 Å². The average Bonchev–Trinajstić information content (AvgIpc) is 1.48. The van der Waals surface area contributed by atoms with E-state index < -0.39 is 7.15 Å².